The highest BCUT2D eigenvalue weighted by atomic mass is 32.2. The Morgan fingerprint density at radius 3 is 2.58 bits per heavy atom. The van der Waals surface area contributed by atoms with E-state index in [0.717, 1.165) is 18.4 Å². The van der Waals surface area contributed by atoms with Crippen LogP contribution in [0.3, 0.4) is 0 Å². The highest BCUT2D eigenvalue weighted by molar-refractivity contribution is 7.90. The van der Waals surface area contributed by atoms with E-state index in [4.69, 9.17) is 0 Å². The van der Waals surface area contributed by atoms with Crippen LogP contribution in [0.2, 0.25) is 0 Å². The minimum Gasteiger partial charge on any atom is -0.353 e. The van der Waals surface area contributed by atoms with Crippen LogP contribution < -0.4 is 5.32 Å². The number of amides is 2. The fraction of sp³-hybridized carbons (Fsp3) is 0.500. The van der Waals surface area contributed by atoms with Crippen molar-refractivity contribution in [2.75, 3.05) is 39.0 Å². The van der Waals surface area contributed by atoms with Gasteiger partial charge in [-0.15, -0.1) is 0 Å². The Morgan fingerprint density at radius 1 is 1.21 bits per heavy atom. The van der Waals surface area contributed by atoms with E-state index < -0.39 is 9.84 Å². The number of nitrogens with zero attached hydrogens (tertiary/aromatic N) is 2. The van der Waals surface area contributed by atoms with Crippen molar-refractivity contribution in [2.24, 2.45) is 0 Å². The Bertz CT molecular complexity index is 745. The molecule has 0 spiro atoms. The maximum Gasteiger partial charge on any atom is 0.239 e. The van der Waals surface area contributed by atoms with Crippen LogP contribution in [0.15, 0.2) is 29.2 Å². The third-order valence-electron chi connectivity index (χ3n) is 4.55. The number of carbonyl (C=O) groups is 2. The number of nitrogens with one attached hydrogen (secondary N) is 1. The lowest BCUT2D eigenvalue weighted by Crippen LogP contribution is -2.64. The van der Waals surface area contributed by atoms with Gasteiger partial charge in [-0.05, 0) is 17.7 Å². The van der Waals surface area contributed by atoms with Crippen LogP contribution in [0.1, 0.15) is 5.56 Å². The lowest BCUT2D eigenvalue weighted by molar-refractivity contribution is -0.139. The molecule has 3 rings (SSSR count). The zero-order chi connectivity index (χ0) is 17.3. The van der Waals surface area contributed by atoms with E-state index in [1.54, 1.807) is 17.0 Å². The number of fused-ring (bicyclic) bond motifs is 1. The number of hydrogen-bond acceptors (Lipinski definition) is 5. The molecule has 0 unspecified atom stereocenters. The fourth-order valence-corrected chi connectivity index (χ4v) is 3.78. The molecule has 0 bridgehead atoms. The van der Waals surface area contributed by atoms with E-state index in [1.807, 2.05) is 0 Å². The minimum absolute atomic E-state index is 0.0174. The lowest BCUT2D eigenvalue weighted by atomic mass is 10.1. The highest BCUT2D eigenvalue weighted by Crippen LogP contribution is 2.15. The minimum atomic E-state index is -3.23. The molecule has 0 radical (unpaired) electrons. The van der Waals surface area contributed by atoms with Gasteiger partial charge in [0, 0.05) is 39.0 Å². The summed E-state index contributed by atoms with van der Waals surface area (Å²) in [5.41, 5.74) is 0.767. The van der Waals surface area contributed by atoms with Crippen LogP contribution >= 0.6 is 0 Å². The van der Waals surface area contributed by atoms with Crippen molar-refractivity contribution in [1.29, 1.82) is 0 Å². The summed E-state index contributed by atoms with van der Waals surface area (Å²) < 4.78 is 22.9. The average Bonchev–Trinajstić information content (AvgIpc) is 2.54. The van der Waals surface area contributed by atoms with Crippen LogP contribution in [0.25, 0.3) is 0 Å². The Hall–Kier alpha value is -1.93. The van der Waals surface area contributed by atoms with Crippen molar-refractivity contribution in [3.05, 3.63) is 29.8 Å². The highest BCUT2D eigenvalue weighted by Gasteiger charge is 2.36. The van der Waals surface area contributed by atoms with Crippen LogP contribution in [0, 0.1) is 0 Å². The first-order valence-electron chi connectivity index (χ1n) is 7.93. The molecule has 1 aromatic rings. The topological polar surface area (TPSA) is 86.8 Å². The summed E-state index contributed by atoms with van der Waals surface area (Å²) in [6, 6.07) is 6.11. The predicted octanol–water partition coefficient (Wildman–Crippen LogP) is -0.725. The van der Waals surface area contributed by atoms with Gasteiger partial charge >= 0.3 is 0 Å². The smallest absolute Gasteiger partial charge is 0.239 e. The molecule has 1 atom stereocenters. The first-order valence-corrected chi connectivity index (χ1v) is 9.82. The molecule has 1 N–H and O–H groups in total. The van der Waals surface area contributed by atoms with Crippen molar-refractivity contribution < 1.29 is 18.0 Å². The number of benzene rings is 1. The lowest BCUT2D eigenvalue weighted by Gasteiger charge is -2.43. The van der Waals surface area contributed by atoms with Crippen LogP contribution in [0.4, 0.5) is 0 Å². The summed E-state index contributed by atoms with van der Waals surface area (Å²) in [6.45, 7) is 3.22. The van der Waals surface area contributed by atoms with Gasteiger partial charge < -0.3 is 10.2 Å². The van der Waals surface area contributed by atoms with Crippen LogP contribution in [-0.2, 0) is 25.8 Å². The van der Waals surface area contributed by atoms with Gasteiger partial charge in [0.25, 0.3) is 0 Å². The van der Waals surface area contributed by atoms with Crippen molar-refractivity contribution in [2.45, 2.75) is 17.4 Å². The quantitative estimate of drug-likeness (QED) is 0.776. The molecule has 0 aliphatic carbocycles. The number of piperazine rings is 2. The number of sulfone groups is 1. The zero-order valence-electron chi connectivity index (χ0n) is 13.6. The Labute approximate surface area is 141 Å². The maximum atomic E-state index is 12.5. The molecule has 0 saturated carbocycles. The summed E-state index contributed by atoms with van der Waals surface area (Å²) in [5, 5.41) is 2.84. The predicted molar refractivity (Wildman–Crippen MR) is 88.2 cm³/mol. The van der Waals surface area contributed by atoms with Crippen molar-refractivity contribution in [1.82, 2.24) is 15.1 Å². The molecule has 24 heavy (non-hydrogen) atoms. The van der Waals surface area contributed by atoms with Gasteiger partial charge in [-0.2, -0.15) is 0 Å². The molecule has 2 fully saturated rings. The van der Waals surface area contributed by atoms with Crippen LogP contribution in [-0.4, -0.2) is 75.1 Å². The molecule has 2 aliphatic rings. The average molecular weight is 351 g/mol. The van der Waals surface area contributed by atoms with Gasteiger partial charge in [-0.1, -0.05) is 12.1 Å². The Morgan fingerprint density at radius 2 is 1.92 bits per heavy atom. The van der Waals surface area contributed by atoms with E-state index in [1.165, 1.54) is 12.1 Å². The molecule has 2 heterocycles. The molecule has 1 aromatic carbocycles. The molecule has 8 heteroatoms. The summed E-state index contributed by atoms with van der Waals surface area (Å²) in [7, 11) is -3.23. The van der Waals surface area contributed by atoms with Crippen molar-refractivity contribution in [3.8, 4) is 0 Å². The van der Waals surface area contributed by atoms with E-state index in [-0.39, 0.29) is 29.2 Å². The maximum absolute atomic E-state index is 12.5. The largest absolute Gasteiger partial charge is 0.353 e. The number of carbonyl (C=O) groups excluding carboxylic acids is 2. The van der Waals surface area contributed by atoms with E-state index in [0.29, 0.717) is 26.2 Å². The number of rotatable bonds is 3. The summed E-state index contributed by atoms with van der Waals surface area (Å²) in [5.74, 6) is -0.0589. The molecule has 130 valence electrons. The first kappa shape index (κ1) is 16.9. The molecular weight excluding hydrogens is 330 g/mol. The standard InChI is InChI=1S/C16H21N3O4S/c1-24(22,23)13-4-2-12(3-5-13)10-15(20)19-9-8-18-7-6-17-16(21)14(18)11-19/h2-5,14H,6-11H2,1H3,(H,17,21)/t14-/m0/s1. The molecule has 2 amide bonds. The second kappa shape index (κ2) is 6.52. The molecule has 7 nitrogen and oxygen atoms in total. The molecule has 2 saturated heterocycles. The molecule has 2 aliphatic heterocycles. The van der Waals surface area contributed by atoms with Gasteiger partial charge in [-0.3, -0.25) is 14.5 Å². The molecular formula is C16H21N3O4S. The molecule has 0 aromatic heterocycles. The van der Waals surface area contributed by atoms with Gasteiger partial charge in [0.05, 0.1) is 11.3 Å². The summed E-state index contributed by atoms with van der Waals surface area (Å²) in [6.07, 6.45) is 1.36. The SMILES string of the molecule is CS(=O)(=O)c1ccc(CC(=O)N2CCN3CCNC(=O)[C@@H]3C2)cc1. The Balaban J connectivity index is 1.64. The second-order valence-electron chi connectivity index (χ2n) is 6.28. The normalized spacial score (nSPS) is 22.0. The van der Waals surface area contributed by atoms with E-state index in [9.17, 15) is 18.0 Å². The zero-order valence-corrected chi connectivity index (χ0v) is 14.4. The van der Waals surface area contributed by atoms with E-state index >= 15 is 0 Å². The Kier molecular flexibility index (Phi) is 4.60. The third-order valence-corrected chi connectivity index (χ3v) is 5.68. The number of hydrogen-bond donors (Lipinski definition) is 1. The second-order valence-corrected chi connectivity index (χ2v) is 8.29. The summed E-state index contributed by atoms with van der Waals surface area (Å²) >= 11 is 0. The van der Waals surface area contributed by atoms with Gasteiger partial charge in [0.15, 0.2) is 9.84 Å². The van der Waals surface area contributed by atoms with Crippen molar-refractivity contribution >= 4 is 21.7 Å². The van der Waals surface area contributed by atoms with Gasteiger partial charge in [-0.25, -0.2) is 8.42 Å². The van der Waals surface area contributed by atoms with Crippen LogP contribution in [0.5, 0.6) is 0 Å². The monoisotopic (exact) mass is 351 g/mol. The first-order chi connectivity index (χ1) is 11.3. The summed E-state index contributed by atoms with van der Waals surface area (Å²) in [4.78, 5) is 28.5. The van der Waals surface area contributed by atoms with Gasteiger partial charge in [0.2, 0.25) is 11.8 Å². The fourth-order valence-electron chi connectivity index (χ4n) is 3.14. The van der Waals surface area contributed by atoms with Gasteiger partial charge in [0.1, 0.15) is 6.04 Å². The van der Waals surface area contributed by atoms with E-state index in [2.05, 4.69) is 10.2 Å². The third kappa shape index (κ3) is 3.59. The van der Waals surface area contributed by atoms with Crippen molar-refractivity contribution in [3.63, 3.8) is 0 Å².